The SMILES string of the molecule is CCc1cnc(C(C)NC(=O)NCCC(C)C(=O)O)s1. The Morgan fingerprint density at radius 2 is 2.15 bits per heavy atom. The van der Waals surface area contributed by atoms with Crippen LogP contribution in [0.25, 0.3) is 0 Å². The van der Waals surface area contributed by atoms with Gasteiger partial charge in [-0.1, -0.05) is 13.8 Å². The minimum Gasteiger partial charge on any atom is -0.481 e. The number of nitrogens with one attached hydrogen (secondary N) is 2. The Morgan fingerprint density at radius 3 is 2.70 bits per heavy atom. The van der Waals surface area contributed by atoms with Crippen LogP contribution in [-0.2, 0) is 11.2 Å². The van der Waals surface area contributed by atoms with Gasteiger partial charge >= 0.3 is 12.0 Å². The number of aliphatic carboxylic acids is 1. The predicted octanol–water partition coefficient (Wildman–Crippen LogP) is 2.18. The molecule has 2 amide bonds. The van der Waals surface area contributed by atoms with E-state index in [2.05, 4.69) is 22.5 Å². The number of hydrogen-bond acceptors (Lipinski definition) is 4. The van der Waals surface area contributed by atoms with E-state index in [0.717, 1.165) is 11.4 Å². The van der Waals surface area contributed by atoms with Crippen molar-refractivity contribution in [2.45, 2.75) is 39.7 Å². The third kappa shape index (κ3) is 5.16. The number of amides is 2. The lowest BCUT2D eigenvalue weighted by molar-refractivity contribution is -0.141. The van der Waals surface area contributed by atoms with Crippen LogP contribution in [-0.4, -0.2) is 28.6 Å². The Kier molecular flexibility index (Phi) is 6.44. The summed E-state index contributed by atoms with van der Waals surface area (Å²) >= 11 is 1.58. The van der Waals surface area contributed by atoms with Gasteiger partial charge < -0.3 is 15.7 Å². The highest BCUT2D eigenvalue weighted by Gasteiger charge is 2.14. The number of carbonyl (C=O) groups excluding carboxylic acids is 1. The van der Waals surface area contributed by atoms with Crippen molar-refractivity contribution in [3.8, 4) is 0 Å². The molecule has 20 heavy (non-hydrogen) atoms. The van der Waals surface area contributed by atoms with E-state index >= 15 is 0 Å². The molecule has 7 heteroatoms. The molecule has 0 saturated heterocycles. The van der Waals surface area contributed by atoms with Crippen LogP contribution in [0, 0.1) is 5.92 Å². The summed E-state index contributed by atoms with van der Waals surface area (Å²) in [7, 11) is 0. The van der Waals surface area contributed by atoms with Crippen LogP contribution in [0.15, 0.2) is 6.20 Å². The first kappa shape index (κ1) is 16.4. The predicted molar refractivity (Wildman–Crippen MR) is 77.9 cm³/mol. The van der Waals surface area contributed by atoms with Crippen LogP contribution >= 0.6 is 11.3 Å². The van der Waals surface area contributed by atoms with Gasteiger partial charge in [0.25, 0.3) is 0 Å². The maximum atomic E-state index is 11.7. The van der Waals surface area contributed by atoms with Gasteiger partial charge in [0.2, 0.25) is 0 Å². The minimum absolute atomic E-state index is 0.155. The van der Waals surface area contributed by atoms with Gasteiger partial charge in [-0.05, 0) is 19.8 Å². The Hall–Kier alpha value is -1.63. The number of urea groups is 1. The van der Waals surface area contributed by atoms with Crippen molar-refractivity contribution in [2.24, 2.45) is 5.92 Å². The Labute approximate surface area is 122 Å². The fourth-order valence-corrected chi connectivity index (χ4v) is 2.38. The first-order valence-electron chi connectivity index (χ1n) is 6.65. The van der Waals surface area contributed by atoms with Gasteiger partial charge in [-0.3, -0.25) is 4.79 Å². The number of carboxylic acid groups (broad SMARTS) is 1. The molecule has 0 aliphatic rings. The number of thiazole rings is 1. The van der Waals surface area contributed by atoms with Gasteiger partial charge in [-0.15, -0.1) is 11.3 Å². The van der Waals surface area contributed by atoms with E-state index < -0.39 is 11.9 Å². The van der Waals surface area contributed by atoms with E-state index in [1.165, 1.54) is 4.88 Å². The number of carboxylic acids is 1. The zero-order valence-corrected chi connectivity index (χ0v) is 12.8. The molecule has 0 radical (unpaired) electrons. The number of nitrogens with zero attached hydrogens (tertiary/aromatic N) is 1. The monoisotopic (exact) mass is 299 g/mol. The van der Waals surface area contributed by atoms with E-state index in [1.807, 2.05) is 13.1 Å². The highest BCUT2D eigenvalue weighted by atomic mass is 32.1. The maximum Gasteiger partial charge on any atom is 0.315 e. The van der Waals surface area contributed by atoms with E-state index in [-0.39, 0.29) is 12.1 Å². The van der Waals surface area contributed by atoms with Crippen molar-refractivity contribution < 1.29 is 14.7 Å². The molecule has 0 fully saturated rings. The molecular weight excluding hydrogens is 278 g/mol. The Morgan fingerprint density at radius 1 is 1.45 bits per heavy atom. The summed E-state index contributed by atoms with van der Waals surface area (Å²) in [4.78, 5) is 27.7. The van der Waals surface area contributed by atoms with Gasteiger partial charge in [0.15, 0.2) is 0 Å². The zero-order valence-electron chi connectivity index (χ0n) is 12.0. The van der Waals surface area contributed by atoms with Crippen LogP contribution in [0.3, 0.4) is 0 Å². The Balaban J connectivity index is 2.33. The molecule has 1 aromatic heterocycles. The summed E-state index contributed by atoms with van der Waals surface area (Å²) in [6.45, 7) is 5.89. The molecule has 1 aromatic rings. The van der Waals surface area contributed by atoms with E-state index in [1.54, 1.807) is 18.3 Å². The van der Waals surface area contributed by atoms with Crippen LogP contribution < -0.4 is 10.6 Å². The quantitative estimate of drug-likeness (QED) is 0.719. The van der Waals surface area contributed by atoms with Gasteiger partial charge in [0.1, 0.15) is 5.01 Å². The molecule has 112 valence electrons. The van der Waals surface area contributed by atoms with Crippen LogP contribution in [0.4, 0.5) is 4.79 Å². The van der Waals surface area contributed by atoms with Crippen molar-refractivity contribution in [3.05, 3.63) is 16.1 Å². The molecule has 3 N–H and O–H groups in total. The fraction of sp³-hybridized carbons (Fsp3) is 0.615. The number of aryl methyl sites for hydroxylation is 1. The molecule has 0 bridgehead atoms. The van der Waals surface area contributed by atoms with Crippen molar-refractivity contribution >= 4 is 23.3 Å². The third-order valence-electron chi connectivity index (χ3n) is 2.92. The number of carbonyl (C=O) groups is 2. The van der Waals surface area contributed by atoms with Crippen molar-refractivity contribution in [1.29, 1.82) is 0 Å². The smallest absolute Gasteiger partial charge is 0.315 e. The molecule has 0 aliphatic heterocycles. The molecule has 0 spiro atoms. The average Bonchev–Trinajstić information content (AvgIpc) is 2.87. The first-order chi connectivity index (χ1) is 9.43. The highest BCUT2D eigenvalue weighted by molar-refractivity contribution is 7.11. The van der Waals surface area contributed by atoms with Gasteiger partial charge in [-0.25, -0.2) is 9.78 Å². The van der Waals surface area contributed by atoms with Crippen molar-refractivity contribution in [1.82, 2.24) is 15.6 Å². The fourth-order valence-electron chi connectivity index (χ4n) is 1.52. The second kappa shape index (κ2) is 7.84. The topological polar surface area (TPSA) is 91.3 Å². The van der Waals surface area contributed by atoms with Crippen molar-refractivity contribution in [2.75, 3.05) is 6.54 Å². The van der Waals surface area contributed by atoms with Crippen LogP contribution in [0.5, 0.6) is 0 Å². The second-order valence-electron chi connectivity index (χ2n) is 4.67. The number of aromatic nitrogens is 1. The molecule has 0 aromatic carbocycles. The van der Waals surface area contributed by atoms with Crippen LogP contribution in [0.2, 0.25) is 0 Å². The third-order valence-corrected chi connectivity index (χ3v) is 4.25. The minimum atomic E-state index is -0.851. The van der Waals surface area contributed by atoms with Crippen LogP contribution in [0.1, 0.15) is 43.1 Å². The zero-order chi connectivity index (χ0) is 15.1. The number of hydrogen-bond donors (Lipinski definition) is 3. The largest absolute Gasteiger partial charge is 0.481 e. The summed E-state index contributed by atoms with van der Waals surface area (Å²) < 4.78 is 0. The average molecular weight is 299 g/mol. The summed E-state index contributed by atoms with van der Waals surface area (Å²) in [5.41, 5.74) is 0. The molecule has 0 saturated carbocycles. The lowest BCUT2D eigenvalue weighted by Gasteiger charge is -2.13. The van der Waals surface area contributed by atoms with Gasteiger partial charge in [0, 0.05) is 17.6 Å². The lowest BCUT2D eigenvalue weighted by atomic mass is 10.1. The normalized spacial score (nSPS) is 13.6. The Bertz CT molecular complexity index is 461. The van der Waals surface area contributed by atoms with Crippen molar-refractivity contribution in [3.63, 3.8) is 0 Å². The lowest BCUT2D eigenvalue weighted by Crippen LogP contribution is -2.38. The molecule has 1 rings (SSSR count). The molecule has 6 nitrogen and oxygen atoms in total. The number of rotatable bonds is 7. The molecule has 0 aliphatic carbocycles. The summed E-state index contributed by atoms with van der Waals surface area (Å²) in [5, 5.41) is 15.0. The summed E-state index contributed by atoms with van der Waals surface area (Å²) in [5.74, 6) is -1.31. The summed E-state index contributed by atoms with van der Waals surface area (Å²) in [6, 6.07) is -0.458. The van der Waals surface area contributed by atoms with E-state index in [4.69, 9.17) is 5.11 Å². The molecular formula is C13H21N3O3S. The standard InChI is InChI=1S/C13H21N3O3S/c1-4-10-7-15-11(20-10)9(3)16-13(19)14-6-5-8(2)12(17)18/h7-9H,4-6H2,1-3H3,(H,17,18)(H2,14,16,19). The second-order valence-corrected chi connectivity index (χ2v) is 5.82. The van der Waals surface area contributed by atoms with Gasteiger partial charge in [0.05, 0.1) is 12.0 Å². The molecule has 1 heterocycles. The first-order valence-corrected chi connectivity index (χ1v) is 7.47. The van der Waals surface area contributed by atoms with Gasteiger partial charge in [-0.2, -0.15) is 0 Å². The van der Waals surface area contributed by atoms with E-state index in [0.29, 0.717) is 13.0 Å². The van der Waals surface area contributed by atoms with E-state index in [9.17, 15) is 9.59 Å². The molecule has 2 unspecified atom stereocenters. The summed E-state index contributed by atoms with van der Waals surface area (Å²) in [6.07, 6.45) is 3.17. The molecule has 2 atom stereocenters. The maximum absolute atomic E-state index is 11.7. The highest BCUT2D eigenvalue weighted by Crippen LogP contribution is 2.19.